The van der Waals surface area contributed by atoms with Crippen LogP contribution in [-0.2, 0) is 0 Å². The van der Waals surface area contributed by atoms with Crippen LogP contribution in [0.4, 0.5) is 0 Å². The maximum Gasteiger partial charge on any atom is 0.00271 e. The molecular weight excluding hydrogens is 232 g/mol. The molecule has 0 aromatic heterocycles. The highest BCUT2D eigenvalue weighted by molar-refractivity contribution is 4.72. The highest BCUT2D eigenvalue weighted by atomic mass is 15.1. The summed E-state index contributed by atoms with van der Waals surface area (Å²) in [5.74, 6) is 1.53. The molecule has 0 aliphatic heterocycles. The molecule has 0 fully saturated rings. The van der Waals surface area contributed by atoms with Crippen LogP contribution in [0.25, 0.3) is 0 Å². The molecule has 0 aliphatic carbocycles. The van der Waals surface area contributed by atoms with Gasteiger partial charge in [-0.25, -0.2) is 0 Å². The minimum atomic E-state index is 0.401. The van der Waals surface area contributed by atoms with Gasteiger partial charge in [-0.05, 0) is 37.9 Å². The summed E-state index contributed by atoms with van der Waals surface area (Å²) in [6.45, 7) is 22.6. The molecule has 0 rings (SSSR count). The number of hydrogen-bond donors (Lipinski definition) is 0. The first-order chi connectivity index (χ1) is 8.65. The standard InChI is InChI=1S/C15H34N2.C2H6/c1-9-16(7)10-13(2)14(3)11-17(8)12-15(4,5)6;1-2/h13-14H,9-12H2,1-8H3;1-2H3. The molecule has 2 heteroatoms. The monoisotopic (exact) mass is 272 g/mol. The summed E-state index contributed by atoms with van der Waals surface area (Å²) in [4.78, 5) is 4.89. The van der Waals surface area contributed by atoms with Gasteiger partial charge in [0.2, 0.25) is 0 Å². The van der Waals surface area contributed by atoms with Gasteiger partial charge < -0.3 is 9.80 Å². The summed E-state index contributed by atoms with van der Waals surface area (Å²) in [5.41, 5.74) is 0.401. The molecule has 0 aliphatic rings. The smallest absolute Gasteiger partial charge is 0.00271 e. The zero-order valence-electron chi connectivity index (χ0n) is 15.4. The molecule has 2 nitrogen and oxygen atoms in total. The Labute approximate surface area is 123 Å². The van der Waals surface area contributed by atoms with E-state index in [0.717, 1.165) is 18.4 Å². The Morgan fingerprint density at radius 3 is 1.53 bits per heavy atom. The van der Waals surface area contributed by atoms with Crippen molar-refractivity contribution in [3.8, 4) is 0 Å². The SMILES string of the molecule is CC.CCN(C)CC(C)C(C)CN(C)CC(C)(C)C. The fourth-order valence-electron chi connectivity index (χ4n) is 2.35. The first-order valence-corrected chi connectivity index (χ1v) is 8.02. The van der Waals surface area contributed by atoms with Gasteiger partial charge in [0, 0.05) is 19.6 Å². The second-order valence-electron chi connectivity index (χ2n) is 7.07. The fraction of sp³-hybridized carbons (Fsp3) is 1.00. The third kappa shape index (κ3) is 12.7. The van der Waals surface area contributed by atoms with Gasteiger partial charge in [-0.3, -0.25) is 0 Å². The Hall–Kier alpha value is -0.0800. The Kier molecular flexibility index (Phi) is 11.9. The summed E-state index contributed by atoms with van der Waals surface area (Å²) in [6.07, 6.45) is 0. The summed E-state index contributed by atoms with van der Waals surface area (Å²) < 4.78 is 0. The summed E-state index contributed by atoms with van der Waals surface area (Å²) in [7, 11) is 4.46. The highest BCUT2D eigenvalue weighted by Crippen LogP contribution is 2.18. The van der Waals surface area contributed by atoms with Crippen molar-refractivity contribution in [1.29, 1.82) is 0 Å². The van der Waals surface area contributed by atoms with Crippen LogP contribution in [0.15, 0.2) is 0 Å². The second kappa shape index (κ2) is 10.7. The van der Waals surface area contributed by atoms with Crippen LogP contribution in [0.5, 0.6) is 0 Å². The van der Waals surface area contributed by atoms with Gasteiger partial charge in [-0.15, -0.1) is 0 Å². The largest absolute Gasteiger partial charge is 0.306 e. The molecule has 0 aromatic carbocycles. The molecule has 0 amide bonds. The first-order valence-electron chi connectivity index (χ1n) is 8.02. The molecule has 19 heavy (non-hydrogen) atoms. The molecule has 0 aromatic rings. The molecule has 118 valence electrons. The Balaban J connectivity index is 0. The average molecular weight is 273 g/mol. The number of rotatable bonds is 7. The second-order valence-corrected chi connectivity index (χ2v) is 7.07. The summed E-state index contributed by atoms with van der Waals surface area (Å²) >= 11 is 0. The number of nitrogens with zero attached hydrogens (tertiary/aromatic N) is 2. The molecule has 0 radical (unpaired) electrons. The maximum absolute atomic E-state index is 2.48. The van der Waals surface area contributed by atoms with Crippen LogP contribution in [-0.4, -0.2) is 50.1 Å². The van der Waals surface area contributed by atoms with Crippen molar-refractivity contribution < 1.29 is 0 Å². The van der Waals surface area contributed by atoms with Crippen LogP contribution in [0.3, 0.4) is 0 Å². The van der Waals surface area contributed by atoms with E-state index >= 15 is 0 Å². The van der Waals surface area contributed by atoms with Gasteiger partial charge in [-0.1, -0.05) is 55.4 Å². The van der Waals surface area contributed by atoms with Crippen molar-refractivity contribution in [3.63, 3.8) is 0 Å². The minimum absolute atomic E-state index is 0.401. The predicted octanol–water partition coefficient (Wildman–Crippen LogP) is 4.21. The normalized spacial score (nSPS) is 15.2. The highest BCUT2D eigenvalue weighted by Gasteiger charge is 2.19. The lowest BCUT2D eigenvalue weighted by Gasteiger charge is -2.32. The third-order valence-electron chi connectivity index (χ3n) is 3.45. The van der Waals surface area contributed by atoms with Gasteiger partial charge in [0.1, 0.15) is 0 Å². The Bertz CT molecular complexity index is 196. The van der Waals surface area contributed by atoms with Gasteiger partial charge in [0.05, 0.1) is 0 Å². The Morgan fingerprint density at radius 2 is 1.21 bits per heavy atom. The molecule has 0 saturated carbocycles. The van der Waals surface area contributed by atoms with E-state index in [1.165, 1.54) is 19.6 Å². The van der Waals surface area contributed by atoms with E-state index in [-0.39, 0.29) is 0 Å². The lowest BCUT2D eigenvalue weighted by Crippen LogP contribution is -2.36. The van der Waals surface area contributed by atoms with Crippen LogP contribution in [0.2, 0.25) is 0 Å². The molecule has 0 bridgehead atoms. The van der Waals surface area contributed by atoms with E-state index in [1.807, 2.05) is 13.8 Å². The molecular formula is C17H40N2. The van der Waals surface area contributed by atoms with E-state index in [2.05, 4.69) is 65.4 Å². The maximum atomic E-state index is 2.48. The summed E-state index contributed by atoms with van der Waals surface area (Å²) in [6, 6.07) is 0. The molecule has 0 saturated heterocycles. The van der Waals surface area contributed by atoms with E-state index in [9.17, 15) is 0 Å². The van der Waals surface area contributed by atoms with Crippen molar-refractivity contribution >= 4 is 0 Å². The van der Waals surface area contributed by atoms with Crippen molar-refractivity contribution in [1.82, 2.24) is 9.80 Å². The summed E-state index contributed by atoms with van der Waals surface area (Å²) in [5, 5.41) is 0. The lowest BCUT2D eigenvalue weighted by atomic mass is 9.92. The molecule has 0 spiro atoms. The van der Waals surface area contributed by atoms with Crippen LogP contribution in [0.1, 0.15) is 55.4 Å². The molecule has 0 heterocycles. The Morgan fingerprint density at radius 1 is 0.842 bits per heavy atom. The predicted molar refractivity (Wildman–Crippen MR) is 89.8 cm³/mol. The fourth-order valence-corrected chi connectivity index (χ4v) is 2.35. The number of hydrogen-bond acceptors (Lipinski definition) is 2. The van der Waals surface area contributed by atoms with Crippen molar-refractivity contribution in [2.75, 3.05) is 40.3 Å². The van der Waals surface area contributed by atoms with Crippen LogP contribution < -0.4 is 0 Å². The van der Waals surface area contributed by atoms with Gasteiger partial charge in [0.25, 0.3) is 0 Å². The first kappa shape index (κ1) is 21.2. The van der Waals surface area contributed by atoms with Gasteiger partial charge >= 0.3 is 0 Å². The van der Waals surface area contributed by atoms with Gasteiger partial charge in [0.15, 0.2) is 0 Å². The van der Waals surface area contributed by atoms with E-state index in [0.29, 0.717) is 5.41 Å². The molecule has 2 unspecified atom stereocenters. The van der Waals surface area contributed by atoms with Crippen LogP contribution in [0, 0.1) is 17.3 Å². The lowest BCUT2D eigenvalue weighted by molar-refractivity contribution is 0.165. The van der Waals surface area contributed by atoms with E-state index in [1.54, 1.807) is 0 Å². The molecule has 2 atom stereocenters. The third-order valence-corrected chi connectivity index (χ3v) is 3.45. The van der Waals surface area contributed by atoms with Crippen molar-refractivity contribution in [2.45, 2.75) is 55.4 Å². The van der Waals surface area contributed by atoms with E-state index < -0.39 is 0 Å². The van der Waals surface area contributed by atoms with Gasteiger partial charge in [-0.2, -0.15) is 0 Å². The van der Waals surface area contributed by atoms with Crippen molar-refractivity contribution in [3.05, 3.63) is 0 Å². The minimum Gasteiger partial charge on any atom is -0.306 e. The zero-order chi connectivity index (χ0) is 15.6. The quantitative estimate of drug-likeness (QED) is 0.685. The average Bonchev–Trinajstić information content (AvgIpc) is 2.28. The topological polar surface area (TPSA) is 6.48 Å². The van der Waals surface area contributed by atoms with Crippen LogP contribution >= 0.6 is 0 Å². The molecule has 0 N–H and O–H groups in total. The van der Waals surface area contributed by atoms with E-state index in [4.69, 9.17) is 0 Å². The zero-order valence-corrected chi connectivity index (χ0v) is 15.4. The van der Waals surface area contributed by atoms with Crippen molar-refractivity contribution in [2.24, 2.45) is 17.3 Å².